The molecule has 0 unspecified atom stereocenters. The molecule has 0 bridgehead atoms. The van der Waals surface area contributed by atoms with Gasteiger partial charge in [-0.05, 0) is 18.4 Å². The van der Waals surface area contributed by atoms with Crippen molar-refractivity contribution < 1.29 is 9.47 Å². The minimum absolute atomic E-state index is 0.297. The molecule has 1 N–H and O–H groups in total. The number of thioether (sulfide) groups is 1. The standard InChI is InChI=1S/C9H9NO2S2/c1-14-9(13)10-6-2-3-7-8(4-6)12-5-11-7/h2-4H,5H2,1H3,(H,10,13). The molecule has 3 nitrogen and oxygen atoms in total. The summed E-state index contributed by atoms with van der Waals surface area (Å²) >= 11 is 6.55. The van der Waals surface area contributed by atoms with Gasteiger partial charge in [-0.25, -0.2) is 0 Å². The van der Waals surface area contributed by atoms with Crippen LogP contribution in [0.3, 0.4) is 0 Å². The van der Waals surface area contributed by atoms with Gasteiger partial charge < -0.3 is 14.8 Å². The lowest BCUT2D eigenvalue weighted by Crippen LogP contribution is -2.02. The maximum atomic E-state index is 5.24. The molecule has 0 aliphatic carbocycles. The van der Waals surface area contributed by atoms with Gasteiger partial charge in [0.2, 0.25) is 6.79 Å². The number of thiocarbonyl (C=S) groups is 1. The minimum atomic E-state index is 0.297. The topological polar surface area (TPSA) is 30.5 Å². The average Bonchev–Trinajstić information content (AvgIpc) is 2.64. The van der Waals surface area contributed by atoms with Crippen LogP contribution < -0.4 is 14.8 Å². The summed E-state index contributed by atoms with van der Waals surface area (Å²) < 4.78 is 11.2. The van der Waals surface area contributed by atoms with Crippen molar-refractivity contribution in [1.82, 2.24) is 0 Å². The number of anilines is 1. The van der Waals surface area contributed by atoms with Crippen molar-refractivity contribution in [1.29, 1.82) is 0 Å². The highest BCUT2D eigenvalue weighted by molar-refractivity contribution is 8.22. The molecule has 14 heavy (non-hydrogen) atoms. The first-order valence-electron chi connectivity index (χ1n) is 4.04. The molecular formula is C9H9NO2S2. The van der Waals surface area contributed by atoms with Gasteiger partial charge in [-0.3, -0.25) is 0 Å². The highest BCUT2D eigenvalue weighted by atomic mass is 32.2. The van der Waals surface area contributed by atoms with E-state index in [0.717, 1.165) is 21.5 Å². The van der Waals surface area contributed by atoms with E-state index in [0.29, 0.717) is 6.79 Å². The largest absolute Gasteiger partial charge is 0.454 e. The number of ether oxygens (including phenoxy) is 2. The summed E-state index contributed by atoms with van der Waals surface area (Å²) in [5, 5.41) is 3.08. The predicted octanol–water partition coefficient (Wildman–Crippen LogP) is 2.48. The molecule has 74 valence electrons. The summed E-state index contributed by atoms with van der Waals surface area (Å²) in [6, 6.07) is 5.66. The number of hydrogen-bond donors (Lipinski definition) is 1. The van der Waals surface area contributed by atoms with Gasteiger partial charge in [0.25, 0.3) is 0 Å². The van der Waals surface area contributed by atoms with Gasteiger partial charge in [-0.1, -0.05) is 12.2 Å². The molecule has 1 aromatic carbocycles. The maximum Gasteiger partial charge on any atom is 0.231 e. The molecule has 0 saturated heterocycles. The van der Waals surface area contributed by atoms with Crippen molar-refractivity contribution in [2.75, 3.05) is 18.4 Å². The van der Waals surface area contributed by atoms with E-state index in [1.165, 1.54) is 11.8 Å². The van der Waals surface area contributed by atoms with Crippen molar-refractivity contribution in [3.8, 4) is 11.5 Å². The molecule has 1 aliphatic heterocycles. The molecule has 0 fully saturated rings. The van der Waals surface area contributed by atoms with Crippen molar-refractivity contribution in [2.45, 2.75) is 0 Å². The van der Waals surface area contributed by atoms with Crippen LogP contribution >= 0.6 is 24.0 Å². The van der Waals surface area contributed by atoms with Gasteiger partial charge in [0.15, 0.2) is 11.5 Å². The molecule has 1 heterocycles. The van der Waals surface area contributed by atoms with Crippen LogP contribution in [0.4, 0.5) is 5.69 Å². The Kier molecular flexibility index (Phi) is 2.79. The lowest BCUT2D eigenvalue weighted by molar-refractivity contribution is 0.174. The van der Waals surface area contributed by atoms with E-state index in [1.54, 1.807) is 0 Å². The third-order valence-electron chi connectivity index (χ3n) is 1.80. The van der Waals surface area contributed by atoms with Crippen LogP contribution in [0.25, 0.3) is 0 Å². The van der Waals surface area contributed by atoms with Crippen molar-refractivity contribution in [3.05, 3.63) is 18.2 Å². The zero-order valence-electron chi connectivity index (χ0n) is 7.57. The summed E-state index contributed by atoms with van der Waals surface area (Å²) in [5.74, 6) is 1.55. The normalized spacial score (nSPS) is 12.6. The summed E-state index contributed by atoms with van der Waals surface area (Å²) in [7, 11) is 0. The Hall–Kier alpha value is -0.940. The minimum Gasteiger partial charge on any atom is -0.454 e. The molecule has 0 amide bonds. The van der Waals surface area contributed by atoms with E-state index < -0.39 is 0 Å². The Morgan fingerprint density at radius 2 is 2.21 bits per heavy atom. The van der Waals surface area contributed by atoms with Crippen molar-refractivity contribution in [3.63, 3.8) is 0 Å². The molecule has 0 radical (unpaired) electrons. The first-order valence-corrected chi connectivity index (χ1v) is 5.67. The third-order valence-corrected chi connectivity index (χ3v) is 2.88. The van der Waals surface area contributed by atoms with Crippen LogP contribution in [0.15, 0.2) is 18.2 Å². The fourth-order valence-electron chi connectivity index (χ4n) is 1.14. The zero-order chi connectivity index (χ0) is 9.97. The van der Waals surface area contributed by atoms with Crippen LogP contribution in [-0.4, -0.2) is 17.4 Å². The number of rotatable bonds is 1. The van der Waals surface area contributed by atoms with E-state index in [9.17, 15) is 0 Å². The lowest BCUT2D eigenvalue weighted by atomic mass is 10.3. The highest BCUT2D eigenvalue weighted by Crippen LogP contribution is 2.34. The monoisotopic (exact) mass is 227 g/mol. The number of benzene rings is 1. The fraction of sp³-hybridized carbons (Fsp3) is 0.222. The molecule has 2 rings (SSSR count). The summed E-state index contributed by atoms with van der Waals surface area (Å²) in [6.07, 6.45) is 1.93. The number of nitrogens with one attached hydrogen (secondary N) is 1. The third kappa shape index (κ3) is 1.93. The Labute approximate surface area is 91.8 Å². The molecule has 0 spiro atoms. The van der Waals surface area contributed by atoms with Crippen molar-refractivity contribution in [2.24, 2.45) is 0 Å². The first kappa shape index (κ1) is 9.61. The van der Waals surface area contributed by atoms with Crippen LogP contribution in [0.1, 0.15) is 0 Å². The van der Waals surface area contributed by atoms with Gasteiger partial charge in [0, 0.05) is 11.8 Å². The summed E-state index contributed by atoms with van der Waals surface area (Å²) in [6.45, 7) is 0.297. The van der Waals surface area contributed by atoms with Crippen LogP contribution in [0, 0.1) is 0 Å². The number of hydrogen-bond acceptors (Lipinski definition) is 4. The quantitative estimate of drug-likeness (QED) is 0.745. The first-order chi connectivity index (χ1) is 6.79. The Morgan fingerprint density at radius 1 is 1.43 bits per heavy atom. The average molecular weight is 227 g/mol. The highest BCUT2D eigenvalue weighted by Gasteiger charge is 2.13. The van der Waals surface area contributed by atoms with E-state index in [1.807, 2.05) is 24.5 Å². The van der Waals surface area contributed by atoms with E-state index >= 15 is 0 Å². The van der Waals surface area contributed by atoms with Gasteiger partial charge in [-0.15, -0.1) is 11.8 Å². The molecule has 0 saturated carbocycles. The maximum absolute atomic E-state index is 5.24. The molecule has 1 aromatic rings. The van der Waals surface area contributed by atoms with Crippen LogP contribution in [0.5, 0.6) is 11.5 Å². The molecule has 5 heteroatoms. The van der Waals surface area contributed by atoms with E-state index in [4.69, 9.17) is 21.7 Å². The number of fused-ring (bicyclic) bond motifs is 1. The molecule has 1 aliphatic rings. The van der Waals surface area contributed by atoms with Gasteiger partial charge in [-0.2, -0.15) is 0 Å². The van der Waals surface area contributed by atoms with Crippen LogP contribution in [0.2, 0.25) is 0 Å². The fourth-order valence-corrected chi connectivity index (χ4v) is 1.48. The van der Waals surface area contributed by atoms with Gasteiger partial charge in [0.05, 0.1) is 0 Å². The second-order valence-corrected chi connectivity index (χ2v) is 4.17. The smallest absolute Gasteiger partial charge is 0.231 e. The predicted molar refractivity (Wildman–Crippen MR) is 62.3 cm³/mol. The molecule has 0 atom stereocenters. The SMILES string of the molecule is CSC(=S)Nc1ccc2c(c1)OCO2. The van der Waals surface area contributed by atoms with Crippen molar-refractivity contribution >= 4 is 34.0 Å². The molecular weight excluding hydrogens is 218 g/mol. The van der Waals surface area contributed by atoms with Gasteiger partial charge in [0.1, 0.15) is 4.32 Å². The lowest BCUT2D eigenvalue weighted by Gasteiger charge is -2.05. The van der Waals surface area contributed by atoms with E-state index in [-0.39, 0.29) is 0 Å². The second-order valence-electron chi connectivity index (χ2n) is 2.68. The zero-order valence-corrected chi connectivity index (χ0v) is 9.21. The Morgan fingerprint density at radius 3 is 3.00 bits per heavy atom. The molecule has 0 aromatic heterocycles. The van der Waals surface area contributed by atoms with E-state index in [2.05, 4.69) is 5.32 Å². The summed E-state index contributed by atoms with van der Waals surface area (Å²) in [4.78, 5) is 0. The van der Waals surface area contributed by atoms with Gasteiger partial charge >= 0.3 is 0 Å². The Bertz CT molecular complexity index is 368. The Balaban J connectivity index is 2.16. The summed E-state index contributed by atoms with van der Waals surface area (Å²) in [5.41, 5.74) is 0.925. The van der Waals surface area contributed by atoms with Crippen LogP contribution in [-0.2, 0) is 0 Å². The second kappa shape index (κ2) is 4.06.